The summed E-state index contributed by atoms with van der Waals surface area (Å²) in [6.45, 7) is 1.12. The molecule has 13 heteroatoms. The Morgan fingerprint density at radius 2 is 1.82 bits per heavy atom. The lowest BCUT2D eigenvalue weighted by Gasteiger charge is -2.20. The molecule has 12 nitrogen and oxygen atoms in total. The number of nitrogen functional groups attached to an aromatic ring is 1. The van der Waals surface area contributed by atoms with E-state index in [0.29, 0.717) is 28.3 Å². The number of methoxy groups -OCH3 is 2. The molecular weight excluding hydrogens is 512 g/mol. The fourth-order valence-corrected chi connectivity index (χ4v) is 4.43. The smallest absolute Gasteiger partial charge is 0.358 e. The molecule has 0 amide bonds. The van der Waals surface area contributed by atoms with Crippen molar-refractivity contribution in [2.24, 2.45) is 5.73 Å². The maximum atomic E-state index is 13.0. The van der Waals surface area contributed by atoms with Crippen LogP contribution in [0.2, 0.25) is 0 Å². The minimum atomic E-state index is -0.876. The van der Waals surface area contributed by atoms with Gasteiger partial charge in [0.2, 0.25) is 0 Å². The zero-order valence-corrected chi connectivity index (χ0v) is 21.4. The van der Waals surface area contributed by atoms with Gasteiger partial charge in [0, 0.05) is 18.2 Å². The summed E-state index contributed by atoms with van der Waals surface area (Å²) in [6, 6.07) is 13.0. The van der Waals surface area contributed by atoms with Crippen LogP contribution in [0, 0.1) is 5.41 Å². The maximum Gasteiger partial charge on any atom is 0.358 e. The van der Waals surface area contributed by atoms with Crippen molar-refractivity contribution in [3.63, 3.8) is 0 Å². The number of ether oxygens (including phenoxy) is 3. The maximum absolute atomic E-state index is 13.0. The van der Waals surface area contributed by atoms with Crippen LogP contribution in [0.25, 0.3) is 5.69 Å². The van der Waals surface area contributed by atoms with Crippen molar-refractivity contribution in [2.45, 2.75) is 13.0 Å². The molecule has 196 valence electrons. The highest BCUT2D eigenvalue weighted by atomic mass is 32.1. The first-order chi connectivity index (χ1) is 18.2. The average Bonchev–Trinajstić information content (AvgIpc) is 3.53. The zero-order chi connectivity index (χ0) is 27.4. The van der Waals surface area contributed by atoms with Gasteiger partial charge < -0.3 is 25.3 Å². The Morgan fingerprint density at radius 3 is 2.45 bits per heavy atom. The third-order valence-electron chi connectivity index (χ3n) is 5.45. The van der Waals surface area contributed by atoms with Gasteiger partial charge >= 0.3 is 17.6 Å². The Bertz CT molecular complexity index is 1560. The van der Waals surface area contributed by atoms with Crippen LogP contribution >= 0.6 is 11.3 Å². The van der Waals surface area contributed by atoms with Crippen molar-refractivity contribution in [3.05, 3.63) is 86.2 Å². The first-order valence-corrected chi connectivity index (χ1v) is 12.0. The summed E-state index contributed by atoms with van der Waals surface area (Å²) in [5.41, 5.74) is 7.03. The lowest BCUT2D eigenvalue weighted by atomic mass is 10.0. The van der Waals surface area contributed by atoms with Crippen molar-refractivity contribution < 1.29 is 23.8 Å². The van der Waals surface area contributed by atoms with Crippen molar-refractivity contribution >= 4 is 34.8 Å². The van der Waals surface area contributed by atoms with Gasteiger partial charge in [0.15, 0.2) is 17.3 Å². The number of nitrogens with one attached hydrogen (secondary N) is 3. The molecule has 4 aromatic rings. The topological polar surface area (TPSA) is 174 Å². The number of aromatic nitrogens is 3. The first kappa shape index (κ1) is 26.2. The highest BCUT2D eigenvalue weighted by Crippen LogP contribution is 2.33. The van der Waals surface area contributed by atoms with E-state index in [2.05, 4.69) is 15.4 Å². The number of nitrogens with two attached hydrogens (primary N) is 1. The van der Waals surface area contributed by atoms with Crippen LogP contribution in [0.1, 0.15) is 39.6 Å². The molecule has 2 aromatic heterocycles. The second-order valence-corrected chi connectivity index (χ2v) is 8.84. The number of hydrogen-bond acceptors (Lipinski definition) is 10. The summed E-state index contributed by atoms with van der Waals surface area (Å²) in [7, 11) is 3.04. The summed E-state index contributed by atoms with van der Waals surface area (Å²) in [5, 5.41) is 17.0. The van der Waals surface area contributed by atoms with Gasteiger partial charge in [-0.15, -0.1) is 16.4 Å². The largest absolute Gasteiger partial charge is 0.493 e. The Morgan fingerprint density at radius 1 is 1.11 bits per heavy atom. The van der Waals surface area contributed by atoms with Crippen molar-refractivity contribution in [2.75, 3.05) is 19.5 Å². The molecule has 1 atom stereocenters. The van der Waals surface area contributed by atoms with Crippen LogP contribution in [0.15, 0.2) is 58.7 Å². The van der Waals surface area contributed by atoms with Gasteiger partial charge in [-0.25, -0.2) is 9.59 Å². The second-order valence-electron chi connectivity index (χ2n) is 7.93. The number of hydrogen-bond donors (Lipinski definition) is 4. The molecule has 0 saturated carbocycles. The molecule has 0 spiro atoms. The standard InChI is InChI=1S/C25H24N6O6S/c1-13(32)37-24(33)21-17(10-11-38-21)31-25(34)29-23(30-31)20(15-6-9-18(35-2)19(12-15)36-3)28-16-7-4-14(5-8-16)22(26)27/h4-12,20,28H,1-3H3,(H3,26,27)(H,29,30,34). The molecule has 0 aliphatic carbocycles. The van der Waals surface area contributed by atoms with Crippen molar-refractivity contribution in [1.82, 2.24) is 14.8 Å². The second kappa shape index (κ2) is 11.0. The van der Waals surface area contributed by atoms with E-state index >= 15 is 0 Å². The normalized spacial score (nSPS) is 11.4. The molecule has 0 aliphatic heterocycles. The number of H-pyrrole nitrogens is 1. The fourth-order valence-electron chi connectivity index (χ4n) is 3.69. The number of benzene rings is 2. The van der Waals surface area contributed by atoms with Crippen molar-refractivity contribution in [3.8, 4) is 17.2 Å². The summed E-state index contributed by atoms with van der Waals surface area (Å²) in [5.74, 6) is -0.484. The molecule has 2 aromatic carbocycles. The number of thiophene rings is 1. The average molecular weight is 537 g/mol. The third-order valence-corrected chi connectivity index (χ3v) is 6.33. The van der Waals surface area contributed by atoms with Gasteiger partial charge in [-0.3, -0.25) is 15.2 Å². The van der Waals surface area contributed by atoms with Gasteiger partial charge in [-0.1, -0.05) is 6.07 Å². The summed E-state index contributed by atoms with van der Waals surface area (Å²) < 4.78 is 16.5. The van der Waals surface area contributed by atoms with E-state index in [1.807, 2.05) is 0 Å². The number of nitrogens with zero attached hydrogens (tertiary/aromatic N) is 2. The summed E-state index contributed by atoms with van der Waals surface area (Å²) in [4.78, 5) is 39.4. The third kappa shape index (κ3) is 5.42. The molecule has 38 heavy (non-hydrogen) atoms. The number of esters is 2. The molecule has 2 heterocycles. The van der Waals surface area contributed by atoms with Gasteiger partial charge in [0.25, 0.3) is 0 Å². The Hall–Kier alpha value is -4.91. The van der Waals surface area contributed by atoms with E-state index < -0.39 is 23.7 Å². The summed E-state index contributed by atoms with van der Waals surface area (Å²) in [6.07, 6.45) is 0. The van der Waals surface area contributed by atoms with Crippen LogP contribution in [0.3, 0.4) is 0 Å². The van der Waals surface area contributed by atoms with E-state index in [-0.39, 0.29) is 22.2 Å². The molecule has 0 fully saturated rings. The van der Waals surface area contributed by atoms with Gasteiger partial charge in [0.05, 0.1) is 19.9 Å². The van der Waals surface area contributed by atoms with E-state index in [1.54, 1.807) is 47.8 Å². The summed E-state index contributed by atoms with van der Waals surface area (Å²) >= 11 is 1.02. The predicted octanol–water partition coefficient (Wildman–Crippen LogP) is 2.83. The minimum Gasteiger partial charge on any atom is -0.493 e. The van der Waals surface area contributed by atoms with Gasteiger partial charge in [-0.2, -0.15) is 4.68 Å². The SMILES string of the molecule is COc1ccc(C(Nc2ccc(C(=N)N)cc2)c2nn(-c3ccsc3C(=O)OC(C)=O)c(=O)[nH]2)cc1OC. The van der Waals surface area contributed by atoms with Crippen LogP contribution in [0.5, 0.6) is 11.5 Å². The molecule has 4 rings (SSSR count). The Kier molecular flexibility index (Phi) is 7.58. The molecule has 0 bridgehead atoms. The van der Waals surface area contributed by atoms with Crippen LogP contribution < -0.4 is 26.2 Å². The highest BCUT2D eigenvalue weighted by Gasteiger charge is 2.25. The molecule has 1 unspecified atom stereocenters. The number of carbonyl (C=O) groups excluding carboxylic acids is 2. The number of rotatable bonds is 9. The van der Waals surface area contributed by atoms with E-state index in [0.717, 1.165) is 22.9 Å². The fraction of sp³-hybridized carbons (Fsp3) is 0.160. The van der Waals surface area contributed by atoms with Crippen LogP contribution in [-0.2, 0) is 9.53 Å². The Balaban J connectivity index is 1.78. The molecular formula is C25H24N6O6S. The highest BCUT2D eigenvalue weighted by molar-refractivity contribution is 7.12. The van der Waals surface area contributed by atoms with Crippen molar-refractivity contribution in [1.29, 1.82) is 5.41 Å². The molecule has 0 radical (unpaired) electrons. The Labute approximate surface area is 220 Å². The van der Waals surface area contributed by atoms with Gasteiger partial charge in [-0.05, 0) is 53.4 Å². The number of anilines is 1. The first-order valence-electron chi connectivity index (χ1n) is 11.1. The number of carbonyl (C=O) groups is 2. The minimum absolute atomic E-state index is 0.0517. The van der Waals surface area contributed by atoms with Crippen LogP contribution in [0.4, 0.5) is 5.69 Å². The monoisotopic (exact) mass is 536 g/mol. The molecule has 0 saturated heterocycles. The number of aromatic amines is 1. The quantitative estimate of drug-likeness (QED) is 0.108. The lowest BCUT2D eigenvalue weighted by Crippen LogP contribution is -2.18. The zero-order valence-electron chi connectivity index (χ0n) is 20.6. The molecule has 5 N–H and O–H groups in total. The number of amidine groups is 1. The molecule has 0 aliphatic rings. The van der Waals surface area contributed by atoms with Gasteiger partial charge in [0.1, 0.15) is 16.8 Å². The lowest BCUT2D eigenvalue weighted by molar-refractivity contribution is -0.135. The van der Waals surface area contributed by atoms with E-state index in [1.165, 1.54) is 20.3 Å². The van der Waals surface area contributed by atoms with E-state index in [9.17, 15) is 14.4 Å². The predicted molar refractivity (Wildman–Crippen MR) is 141 cm³/mol. The van der Waals surface area contributed by atoms with Crippen LogP contribution in [-0.4, -0.2) is 46.8 Å². The van der Waals surface area contributed by atoms with E-state index in [4.69, 9.17) is 25.4 Å².